The van der Waals surface area contributed by atoms with Crippen LogP contribution in [0.25, 0.3) is 5.76 Å². The van der Waals surface area contributed by atoms with Crippen molar-refractivity contribution in [2.45, 2.75) is 33.4 Å². The van der Waals surface area contributed by atoms with Gasteiger partial charge < -0.3 is 24.2 Å². The second-order valence-electron chi connectivity index (χ2n) is 9.63. The topological polar surface area (TPSA) is 85.3 Å². The highest BCUT2D eigenvalue weighted by molar-refractivity contribution is 6.46. The Balaban J connectivity index is 1.81. The molecule has 1 heterocycles. The van der Waals surface area contributed by atoms with Crippen LogP contribution in [0.3, 0.4) is 0 Å². The molecule has 7 nitrogen and oxygen atoms in total. The molecule has 0 radical (unpaired) electrons. The van der Waals surface area contributed by atoms with Gasteiger partial charge in [0.05, 0.1) is 31.9 Å². The first-order valence-corrected chi connectivity index (χ1v) is 12.8. The molecule has 1 saturated heterocycles. The highest BCUT2D eigenvalue weighted by Gasteiger charge is 2.46. The fourth-order valence-corrected chi connectivity index (χ4v) is 4.44. The van der Waals surface area contributed by atoms with Crippen LogP contribution in [0.1, 0.15) is 43.5 Å². The van der Waals surface area contributed by atoms with E-state index >= 15 is 0 Å². The minimum atomic E-state index is -0.919. The largest absolute Gasteiger partial charge is 0.507 e. The summed E-state index contributed by atoms with van der Waals surface area (Å²) in [6.45, 7) is 6.87. The Bertz CT molecular complexity index is 1360. The number of ketones is 1. The van der Waals surface area contributed by atoms with Crippen molar-refractivity contribution in [2.24, 2.45) is 5.92 Å². The quantitative estimate of drug-likeness (QED) is 0.199. The molecule has 39 heavy (non-hydrogen) atoms. The zero-order valence-electron chi connectivity index (χ0n) is 22.4. The number of Topliss-reactive ketones (excluding diaryl/α,β-unsaturated/α-hetero) is 1. The standard InChI is InChI=1S/C31H32FNO6/c1-5-38-26-16-22(10-15-25(26)37-4)28-27(29(34)21-8-13-24(14-9-21)39-18-19(2)3)30(35)31(36)33(28)17-20-6-11-23(32)12-7-20/h6-16,19,28,34H,5,17-18H2,1-4H3/b29-27-. The van der Waals surface area contributed by atoms with E-state index < -0.39 is 23.5 Å². The van der Waals surface area contributed by atoms with E-state index in [2.05, 4.69) is 0 Å². The number of nitrogens with zero attached hydrogens (tertiary/aromatic N) is 1. The SMILES string of the molecule is CCOc1cc(C2/C(=C(/O)c3ccc(OCC(C)C)cc3)C(=O)C(=O)N2Cc2ccc(F)cc2)ccc1OC. The summed E-state index contributed by atoms with van der Waals surface area (Å²) in [5, 5.41) is 11.4. The first-order valence-electron chi connectivity index (χ1n) is 12.8. The first-order chi connectivity index (χ1) is 18.7. The van der Waals surface area contributed by atoms with Gasteiger partial charge in [0.2, 0.25) is 0 Å². The van der Waals surface area contributed by atoms with Gasteiger partial charge in [0, 0.05) is 12.1 Å². The molecule has 1 unspecified atom stereocenters. The van der Waals surface area contributed by atoms with Gasteiger partial charge in [0.25, 0.3) is 11.7 Å². The Morgan fingerprint density at radius 1 is 0.974 bits per heavy atom. The van der Waals surface area contributed by atoms with Crippen molar-refractivity contribution in [3.63, 3.8) is 0 Å². The Kier molecular flexibility index (Phi) is 8.54. The van der Waals surface area contributed by atoms with Crippen LogP contribution in [0.4, 0.5) is 4.39 Å². The van der Waals surface area contributed by atoms with Gasteiger partial charge in [0.15, 0.2) is 11.5 Å². The average molecular weight is 534 g/mol. The van der Waals surface area contributed by atoms with E-state index in [9.17, 15) is 19.1 Å². The molecule has 0 aliphatic carbocycles. The number of amides is 1. The Labute approximate surface area is 227 Å². The molecule has 0 saturated carbocycles. The number of halogens is 1. The minimum Gasteiger partial charge on any atom is -0.507 e. The third kappa shape index (κ3) is 6.06. The zero-order valence-corrected chi connectivity index (χ0v) is 22.4. The van der Waals surface area contributed by atoms with E-state index in [1.807, 2.05) is 20.8 Å². The maximum absolute atomic E-state index is 13.5. The summed E-state index contributed by atoms with van der Waals surface area (Å²) < 4.78 is 30.4. The van der Waals surface area contributed by atoms with Crippen molar-refractivity contribution < 1.29 is 33.3 Å². The van der Waals surface area contributed by atoms with Crippen molar-refractivity contribution in [3.8, 4) is 17.2 Å². The lowest BCUT2D eigenvalue weighted by Gasteiger charge is -2.26. The van der Waals surface area contributed by atoms with Gasteiger partial charge in [-0.3, -0.25) is 9.59 Å². The molecule has 1 fully saturated rings. The molecule has 0 bridgehead atoms. The summed E-state index contributed by atoms with van der Waals surface area (Å²) in [5.41, 5.74) is 1.51. The highest BCUT2D eigenvalue weighted by Crippen LogP contribution is 2.42. The van der Waals surface area contributed by atoms with Crippen LogP contribution in [0.15, 0.2) is 72.3 Å². The second kappa shape index (κ2) is 12.0. The normalized spacial score (nSPS) is 16.6. The number of likely N-dealkylation sites (tertiary alicyclic amines) is 1. The van der Waals surface area contributed by atoms with Crippen molar-refractivity contribution >= 4 is 17.4 Å². The molecular weight excluding hydrogens is 501 g/mol. The van der Waals surface area contributed by atoms with Crippen LogP contribution >= 0.6 is 0 Å². The van der Waals surface area contributed by atoms with Crippen LogP contribution in [0.2, 0.25) is 0 Å². The van der Waals surface area contributed by atoms with Crippen LogP contribution in [-0.2, 0) is 16.1 Å². The van der Waals surface area contributed by atoms with E-state index in [0.29, 0.717) is 53.1 Å². The van der Waals surface area contributed by atoms with E-state index in [1.165, 1.54) is 24.1 Å². The predicted molar refractivity (Wildman–Crippen MR) is 145 cm³/mol. The third-order valence-corrected chi connectivity index (χ3v) is 6.32. The van der Waals surface area contributed by atoms with Gasteiger partial charge in [0.1, 0.15) is 17.3 Å². The molecule has 1 aliphatic rings. The molecular formula is C31H32FNO6. The predicted octanol–water partition coefficient (Wildman–Crippen LogP) is 5.89. The lowest BCUT2D eigenvalue weighted by Crippen LogP contribution is -2.29. The molecule has 1 N–H and O–H groups in total. The Morgan fingerprint density at radius 2 is 1.67 bits per heavy atom. The number of methoxy groups -OCH3 is 1. The smallest absolute Gasteiger partial charge is 0.295 e. The number of carbonyl (C=O) groups is 2. The van der Waals surface area contributed by atoms with Crippen molar-refractivity contribution in [1.82, 2.24) is 4.90 Å². The van der Waals surface area contributed by atoms with Gasteiger partial charge in [-0.2, -0.15) is 0 Å². The van der Waals surface area contributed by atoms with Gasteiger partial charge in [-0.1, -0.05) is 32.0 Å². The Morgan fingerprint density at radius 3 is 2.28 bits per heavy atom. The number of aliphatic hydroxyl groups excluding tert-OH is 1. The van der Waals surface area contributed by atoms with Crippen LogP contribution in [0, 0.1) is 11.7 Å². The van der Waals surface area contributed by atoms with Gasteiger partial charge in [-0.15, -0.1) is 0 Å². The summed E-state index contributed by atoms with van der Waals surface area (Å²) >= 11 is 0. The highest BCUT2D eigenvalue weighted by atomic mass is 19.1. The summed E-state index contributed by atoms with van der Waals surface area (Å²) in [6.07, 6.45) is 0. The van der Waals surface area contributed by atoms with E-state index in [-0.39, 0.29) is 17.9 Å². The number of hydrogen-bond acceptors (Lipinski definition) is 6. The minimum absolute atomic E-state index is 0.0320. The first kappa shape index (κ1) is 27.7. The fraction of sp³-hybridized carbons (Fsp3) is 0.290. The number of benzene rings is 3. The van der Waals surface area contributed by atoms with Crippen LogP contribution < -0.4 is 14.2 Å². The lowest BCUT2D eigenvalue weighted by atomic mass is 9.94. The van der Waals surface area contributed by atoms with Gasteiger partial charge in [-0.25, -0.2) is 4.39 Å². The third-order valence-electron chi connectivity index (χ3n) is 6.32. The van der Waals surface area contributed by atoms with E-state index in [4.69, 9.17) is 14.2 Å². The number of rotatable bonds is 10. The summed E-state index contributed by atoms with van der Waals surface area (Å²) in [6, 6.07) is 16.6. The monoisotopic (exact) mass is 533 g/mol. The van der Waals surface area contributed by atoms with Crippen molar-refractivity contribution in [1.29, 1.82) is 0 Å². The molecule has 1 amide bonds. The number of aliphatic hydroxyl groups is 1. The van der Waals surface area contributed by atoms with Gasteiger partial charge in [-0.05, 0) is 72.5 Å². The summed E-state index contributed by atoms with van der Waals surface area (Å²) in [7, 11) is 1.52. The fourth-order valence-electron chi connectivity index (χ4n) is 4.44. The summed E-state index contributed by atoms with van der Waals surface area (Å²) in [5.74, 6) is -0.375. The molecule has 8 heteroatoms. The zero-order chi connectivity index (χ0) is 28.1. The second-order valence-corrected chi connectivity index (χ2v) is 9.63. The van der Waals surface area contributed by atoms with Crippen molar-refractivity contribution in [2.75, 3.05) is 20.3 Å². The number of ether oxygens (including phenoxy) is 3. The summed E-state index contributed by atoms with van der Waals surface area (Å²) in [4.78, 5) is 28.1. The van der Waals surface area contributed by atoms with Crippen LogP contribution in [-0.4, -0.2) is 42.0 Å². The van der Waals surface area contributed by atoms with Crippen LogP contribution in [0.5, 0.6) is 17.2 Å². The number of hydrogen-bond donors (Lipinski definition) is 1. The lowest BCUT2D eigenvalue weighted by molar-refractivity contribution is -0.140. The Hall–Kier alpha value is -4.33. The number of carbonyl (C=O) groups excluding carboxylic acids is 2. The average Bonchev–Trinajstić information content (AvgIpc) is 3.18. The van der Waals surface area contributed by atoms with E-state index in [0.717, 1.165) is 0 Å². The molecule has 1 aliphatic heterocycles. The van der Waals surface area contributed by atoms with Crippen molar-refractivity contribution in [3.05, 3.63) is 94.8 Å². The maximum Gasteiger partial charge on any atom is 0.295 e. The molecule has 0 spiro atoms. The van der Waals surface area contributed by atoms with Gasteiger partial charge >= 0.3 is 0 Å². The maximum atomic E-state index is 13.5. The molecule has 204 valence electrons. The molecule has 3 aromatic rings. The van der Waals surface area contributed by atoms with E-state index in [1.54, 1.807) is 54.6 Å². The molecule has 1 atom stereocenters. The molecule has 3 aromatic carbocycles. The molecule has 0 aromatic heterocycles. The molecule has 4 rings (SSSR count).